The molecule has 4 rings (SSSR count). The minimum absolute atomic E-state index is 0.0959. The standard InChI is InChI=1S/C21H22N4O3/c1-2-27-19-4-3-18(28-19)21(26)25-11-7-16(8-12-25)20-17(13-23-14-24-20)15-5-9-22-10-6-15/h3-6,9-10,13-14,16H,2,7-8,11-12H2,1H3. The smallest absolute Gasteiger partial charge is 0.289 e. The topological polar surface area (TPSA) is 81.4 Å². The van der Waals surface area contributed by atoms with Crippen LogP contribution in [0, 0.1) is 0 Å². The number of likely N-dealkylation sites (tertiary alicyclic amines) is 1. The number of hydrogen-bond donors (Lipinski definition) is 0. The Balaban J connectivity index is 1.45. The number of amides is 1. The van der Waals surface area contributed by atoms with E-state index < -0.39 is 0 Å². The van der Waals surface area contributed by atoms with Gasteiger partial charge in [-0.2, -0.15) is 0 Å². The minimum Gasteiger partial charge on any atom is -0.465 e. The number of piperidine rings is 1. The molecule has 0 atom stereocenters. The van der Waals surface area contributed by atoms with Gasteiger partial charge in [-0.1, -0.05) is 0 Å². The van der Waals surface area contributed by atoms with E-state index in [1.165, 1.54) is 0 Å². The number of nitrogens with zero attached hydrogens (tertiary/aromatic N) is 4. The predicted octanol–water partition coefficient (Wildman–Crippen LogP) is 3.55. The second-order valence-electron chi connectivity index (χ2n) is 6.68. The van der Waals surface area contributed by atoms with Crippen molar-refractivity contribution in [1.29, 1.82) is 0 Å². The molecule has 0 bridgehead atoms. The van der Waals surface area contributed by atoms with Crippen LogP contribution in [0.5, 0.6) is 5.95 Å². The second-order valence-corrected chi connectivity index (χ2v) is 6.68. The molecule has 1 saturated heterocycles. The first-order valence-electron chi connectivity index (χ1n) is 9.48. The molecule has 144 valence electrons. The molecule has 1 amide bonds. The third kappa shape index (κ3) is 3.74. The Kier molecular flexibility index (Phi) is 5.32. The molecule has 28 heavy (non-hydrogen) atoms. The van der Waals surface area contributed by atoms with Crippen LogP contribution in [-0.2, 0) is 0 Å². The maximum absolute atomic E-state index is 12.7. The van der Waals surface area contributed by atoms with Crippen LogP contribution in [0.1, 0.15) is 41.9 Å². The fourth-order valence-electron chi connectivity index (χ4n) is 3.59. The first-order valence-corrected chi connectivity index (χ1v) is 9.48. The summed E-state index contributed by atoms with van der Waals surface area (Å²) >= 11 is 0. The molecule has 0 spiro atoms. The summed E-state index contributed by atoms with van der Waals surface area (Å²) in [6, 6.07) is 7.29. The quantitative estimate of drug-likeness (QED) is 0.675. The molecule has 3 aromatic heterocycles. The van der Waals surface area contributed by atoms with Crippen molar-refractivity contribution in [2.24, 2.45) is 0 Å². The largest absolute Gasteiger partial charge is 0.465 e. The molecule has 1 fully saturated rings. The van der Waals surface area contributed by atoms with Crippen molar-refractivity contribution in [2.75, 3.05) is 19.7 Å². The van der Waals surface area contributed by atoms with Crippen molar-refractivity contribution in [1.82, 2.24) is 19.9 Å². The molecule has 7 nitrogen and oxygen atoms in total. The molecule has 3 aromatic rings. The van der Waals surface area contributed by atoms with Crippen LogP contribution in [0.25, 0.3) is 11.1 Å². The zero-order valence-electron chi connectivity index (χ0n) is 15.7. The van der Waals surface area contributed by atoms with E-state index in [1.54, 1.807) is 30.9 Å². The molecule has 0 aromatic carbocycles. The summed E-state index contributed by atoms with van der Waals surface area (Å²) in [6.07, 6.45) is 8.68. The monoisotopic (exact) mass is 378 g/mol. The van der Waals surface area contributed by atoms with Crippen molar-refractivity contribution >= 4 is 5.91 Å². The number of rotatable bonds is 5. The summed E-state index contributed by atoms with van der Waals surface area (Å²) in [4.78, 5) is 27.4. The summed E-state index contributed by atoms with van der Waals surface area (Å²) in [7, 11) is 0. The zero-order valence-corrected chi connectivity index (χ0v) is 15.7. The lowest BCUT2D eigenvalue weighted by molar-refractivity contribution is 0.0672. The first-order chi connectivity index (χ1) is 13.8. The van der Waals surface area contributed by atoms with Crippen LogP contribution in [0.4, 0.5) is 0 Å². The SMILES string of the molecule is CCOc1ccc(C(=O)N2CCC(c3ncncc3-c3ccncc3)CC2)o1. The molecule has 0 N–H and O–H groups in total. The molecule has 0 aliphatic carbocycles. The summed E-state index contributed by atoms with van der Waals surface area (Å²) < 4.78 is 10.8. The van der Waals surface area contributed by atoms with E-state index in [0.717, 1.165) is 29.7 Å². The van der Waals surface area contributed by atoms with E-state index in [2.05, 4.69) is 15.0 Å². The van der Waals surface area contributed by atoms with Crippen LogP contribution in [0.15, 0.2) is 53.6 Å². The maximum Gasteiger partial charge on any atom is 0.289 e. The Morgan fingerprint density at radius 3 is 2.71 bits per heavy atom. The van der Waals surface area contributed by atoms with Gasteiger partial charge in [0.1, 0.15) is 6.33 Å². The highest BCUT2D eigenvalue weighted by atomic mass is 16.6. The summed E-state index contributed by atoms with van der Waals surface area (Å²) in [5.74, 6) is 0.886. The van der Waals surface area contributed by atoms with Crippen molar-refractivity contribution < 1.29 is 13.9 Å². The number of hydrogen-bond acceptors (Lipinski definition) is 6. The fourth-order valence-corrected chi connectivity index (χ4v) is 3.59. The van der Waals surface area contributed by atoms with E-state index in [4.69, 9.17) is 9.15 Å². The number of carbonyl (C=O) groups is 1. The number of carbonyl (C=O) groups excluding carboxylic acids is 1. The van der Waals surface area contributed by atoms with E-state index >= 15 is 0 Å². The Bertz CT molecular complexity index is 934. The van der Waals surface area contributed by atoms with Gasteiger partial charge in [-0.05, 0) is 43.5 Å². The second kappa shape index (κ2) is 8.21. The lowest BCUT2D eigenvalue weighted by atomic mass is 9.89. The van der Waals surface area contributed by atoms with Crippen LogP contribution in [0.3, 0.4) is 0 Å². The highest BCUT2D eigenvalue weighted by Gasteiger charge is 2.28. The average Bonchev–Trinajstić information content (AvgIpc) is 3.23. The number of furan rings is 1. The van der Waals surface area contributed by atoms with Gasteiger partial charge >= 0.3 is 0 Å². The van der Waals surface area contributed by atoms with Crippen molar-refractivity contribution in [3.05, 3.63) is 60.6 Å². The van der Waals surface area contributed by atoms with Gasteiger partial charge < -0.3 is 14.1 Å². The molecule has 1 aliphatic heterocycles. The van der Waals surface area contributed by atoms with Crippen LogP contribution in [-0.4, -0.2) is 45.5 Å². The highest BCUT2D eigenvalue weighted by molar-refractivity contribution is 5.91. The Morgan fingerprint density at radius 2 is 1.96 bits per heavy atom. The first kappa shape index (κ1) is 18.2. The molecule has 0 saturated carbocycles. The van der Waals surface area contributed by atoms with E-state index in [1.807, 2.05) is 30.2 Å². The molecule has 4 heterocycles. The number of aromatic nitrogens is 3. The van der Waals surface area contributed by atoms with Gasteiger partial charge in [0.2, 0.25) is 0 Å². The fraction of sp³-hybridized carbons (Fsp3) is 0.333. The minimum atomic E-state index is -0.0959. The van der Waals surface area contributed by atoms with Gasteiger partial charge in [-0.25, -0.2) is 9.97 Å². The molecular formula is C21H22N4O3. The van der Waals surface area contributed by atoms with Gasteiger partial charge in [0.15, 0.2) is 5.76 Å². The zero-order chi connectivity index (χ0) is 19.3. The molecular weight excluding hydrogens is 356 g/mol. The van der Waals surface area contributed by atoms with Crippen LogP contribution in [0.2, 0.25) is 0 Å². The predicted molar refractivity (Wildman–Crippen MR) is 103 cm³/mol. The van der Waals surface area contributed by atoms with Crippen molar-refractivity contribution in [3.8, 4) is 17.1 Å². The highest BCUT2D eigenvalue weighted by Crippen LogP contribution is 2.33. The number of pyridine rings is 1. The van der Waals surface area contributed by atoms with Crippen LogP contribution >= 0.6 is 0 Å². The lowest BCUT2D eigenvalue weighted by Gasteiger charge is -2.31. The summed E-state index contributed by atoms with van der Waals surface area (Å²) in [6.45, 7) is 3.70. The van der Waals surface area contributed by atoms with Crippen molar-refractivity contribution in [2.45, 2.75) is 25.7 Å². The molecule has 1 aliphatic rings. The molecule has 0 unspecified atom stereocenters. The maximum atomic E-state index is 12.7. The normalized spacial score (nSPS) is 14.8. The molecule has 0 radical (unpaired) electrons. The van der Waals surface area contributed by atoms with Gasteiger partial charge in [0.25, 0.3) is 11.9 Å². The van der Waals surface area contributed by atoms with E-state index in [0.29, 0.717) is 31.4 Å². The Hall–Kier alpha value is -3.22. The third-order valence-corrected chi connectivity index (χ3v) is 4.98. The Labute approximate surface area is 163 Å². The number of ether oxygens (including phenoxy) is 1. The van der Waals surface area contributed by atoms with E-state index in [-0.39, 0.29) is 11.8 Å². The summed E-state index contributed by atoms with van der Waals surface area (Å²) in [5.41, 5.74) is 3.12. The van der Waals surface area contributed by atoms with Crippen LogP contribution < -0.4 is 4.74 Å². The van der Waals surface area contributed by atoms with E-state index in [9.17, 15) is 4.79 Å². The van der Waals surface area contributed by atoms with Crippen molar-refractivity contribution in [3.63, 3.8) is 0 Å². The van der Waals surface area contributed by atoms with Gasteiger partial charge in [-0.3, -0.25) is 9.78 Å². The van der Waals surface area contributed by atoms with Gasteiger partial charge in [0.05, 0.1) is 12.3 Å². The molecule has 7 heteroatoms. The van der Waals surface area contributed by atoms with Gasteiger partial charge in [-0.15, -0.1) is 0 Å². The lowest BCUT2D eigenvalue weighted by Crippen LogP contribution is -2.38. The van der Waals surface area contributed by atoms with Gasteiger partial charge in [0, 0.05) is 49.2 Å². The summed E-state index contributed by atoms with van der Waals surface area (Å²) in [5, 5.41) is 0. The average molecular weight is 378 g/mol. The third-order valence-electron chi connectivity index (χ3n) is 4.98. The Morgan fingerprint density at radius 1 is 1.18 bits per heavy atom.